The maximum Gasteiger partial charge on any atom is 0.159 e. The first-order valence-electron chi connectivity index (χ1n) is 5.36. The predicted octanol–water partition coefficient (Wildman–Crippen LogP) is 2.81. The van der Waals surface area contributed by atoms with Gasteiger partial charge in [0.2, 0.25) is 0 Å². The molecule has 0 fully saturated rings. The third-order valence-corrected chi connectivity index (χ3v) is 2.21. The summed E-state index contributed by atoms with van der Waals surface area (Å²) in [6.45, 7) is 3.05. The van der Waals surface area contributed by atoms with E-state index in [1.54, 1.807) is 0 Å². The second kappa shape index (κ2) is 6.55. The highest BCUT2D eigenvalue weighted by atomic mass is 19.2. The molecule has 16 heavy (non-hydrogen) atoms. The Bertz CT molecular complexity index is 329. The van der Waals surface area contributed by atoms with Crippen molar-refractivity contribution in [1.82, 2.24) is 0 Å². The van der Waals surface area contributed by atoms with Crippen LogP contribution in [-0.2, 0) is 4.74 Å². The molecule has 0 aliphatic heterocycles. The maximum atomic E-state index is 12.9. The van der Waals surface area contributed by atoms with E-state index in [9.17, 15) is 13.9 Å². The molecule has 0 aliphatic carbocycles. The summed E-state index contributed by atoms with van der Waals surface area (Å²) < 4.78 is 30.7. The number of ether oxygens (including phenoxy) is 1. The highest BCUT2D eigenvalue weighted by Crippen LogP contribution is 2.18. The van der Waals surface area contributed by atoms with Crippen LogP contribution >= 0.6 is 0 Å². The fraction of sp³-hybridized carbons (Fsp3) is 0.500. The molecule has 4 heteroatoms. The minimum atomic E-state index is -0.939. The van der Waals surface area contributed by atoms with Gasteiger partial charge >= 0.3 is 0 Å². The van der Waals surface area contributed by atoms with Gasteiger partial charge in [-0.05, 0) is 24.1 Å². The SMILES string of the molecule is CCCOCCC(O)c1ccc(F)c(F)c1. The first-order valence-corrected chi connectivity index (χ1v) is 5.36. The molecule has 1 unspecified atom stereocenters. The Morgan fingerprint density at radius 1 is 1.25 bits per heavy atom. The van der Waals surface area contributed by atoms with Crippen molar-refractivity contribution in [2.45, 2.75) is 25.9 Å². The summed E-state index contributed by atoms with van der Waals surface area (Å²) >= 11 is 0. The van der Waals surface area contributed by atoms with Crippen LogP contribution in [0.3, 0.4) is 0 Å². The van der Waals surface area contributed by atoms with Gasteiger partial charge < -0.3 is 9.84 Å². The van der Waals surface area contributed by atoms with Crippen molar-refractivity contribution >= 4 is 0 Å². The Morgan fingerprint density at radius 2 is 2.00 bits per heavy atom. The average molecular weight is 230 g/mol. The molecule has 0 heterocycles. The van der Waals surface area contributed by atoms with E-state index in [0.717, 1.165) is 18.6 Å². The van der Waals surface area contributed by atoms with Gasteiger partial charge in [0.05, 0.1) is 6.10 Å². The molecule has 1 rings (SSSR count). The minimum Gasteiger partial charge on any atom is -0.388 e. The van der Waals surface area contributed by atoms with Crippen LogP contribution in [0.25, 0.3) is 0 Å². The number of aliphatic hydroxyl groups excluding tert-OH is 1. The Kier molecular flexibility index (Phi) is 5.35. The number of rotatable bonds is 6. The molecule has 0 saturated heterocycles. The maximum absolute atomic E-state index is 12.9. The topological polar surface area (TPSA) is 29.5 Å². The first-order chi connectivity index (χ1) is 7.65. The molecule has 1 aromatic rings. The van der Waals surface area contributed by atoms with Gasteiger partial charge in [-0.3, -0.25) is 0 Å². The molecule has 2 nitrogen and oxygen atoms in total. The van der Waals surface area contributed by atoms with Gasteiger partial charge in [0.15, 0.2) is 11.6 Å². The van der Waals surface area contributed by atoms with Crippen molar-refractivity contribution in [3.63, 3.8) is 0 Å². The Balaban J connectivity index is 2.46. The van der Waals surface area contributed by atoms with Crippen LogP contribution in [0.15, 0.2) is 18.2 Å². The van der Waals surface area contributed by atoms with E-state index >= 15 is 0 Å². The van der Waals surface area contributed by atoms with E-state index in [1.807, 2.05) is 6.92 Å². The number of hydrogen-bond acceptors (Lipinski definition) is 2. The van der Waals surface area contributed by atoms with Gasteiger partial charge in [0.1, 0.15) is 0 Å². The van der Waals surface area contributed by atoms with E-state index < -0.39 is 17.7 Å². The molecule has 0 amide bonds. The monoisotopic (exact) mass is 230 g/mol. The van der Waals surface area contributed by atoms with Crippen LogP contribution in [-0.4, -0.2) is 18.3 Å². The van der Waals surface area contributed by atoms with Crippen molar-refractivity contribution in [2.24, 2.45) is 0 Å². The normalized spacial score (nSPS) is 12.8. The summed E-state index contributed by atoms with van der Waals surface area (Å²) in [6, 6.07) is 3.41. The Morgan fingerprint density at radius 3 is 2.62 bits per heavy atom. The van der Waals surface area contributed by atoms with E-state index in [-0.39, 0.29) is 0 Å². The van der Waals surface area contributed by atoms with Crippen LogP contribution in [0.4, 0.5) is 8.78 Å². The zero-order valence-electron chi connectivity index (χ0n) is 9.25. The molecule has 0 radical (unpaired) electrons. The van der Waals surface area contributed by atoms with E-state index in [4.69, 9.17) is 4.74 Å². The zero-order valence-corrected chi connectivity index (χ0v) is 9.25. The molecule has 0 aliphatic rings. The zero-order chi connectivity index (χ0) is 12.0. The van der Waals surface area contributed by atoms with Gasteiger partial charge in [0, 0.05) is 19.6 Å². The highest BCUT2D eigenvalue weighted by molar-refractivity contribution is 5.19. The lowest BCUT2D eigenvalue weighted by Gasteiger charge is -2.11. The number of aliphatic hydroxyl groups is 1. The second-order valence-corrected chi connectivity index (χ2v) is 3.59. The highest BCUT2D eigenvalue weighted by Gasteiger charge is 2.10. The van der Waals surface area contributed by atoms with Gasteiger partial charge in [-0.25, -0.2) is 8.78 Å². The number of halogens is 2. The quantitative estimate of drug-likeness (QED) is 0.761. The summed E-state index contributed by atoms with van der Waals surface area (Å²) in [7, 11) is 0. The van der Waals surface area contributed by atoms with Gasteiger partial charge in [0.25, 0.3) is 0 Å². The molecule has 1 aromatic carbocycles. The van der Waals surface area contributed by atoms with Gasteiger partial charge in [-0.2, -0.15) is 0 Å². The standard InChI is InChI=1S/C12H16F2O2/c1-2-6-16-7-5-12(15)9-3-4-10(13)11(14)8-9/h3-4,8,12,15H,2,5-7H2,1H3. The number of benzene rings is 1. The third-order valence-electron chi connectivity index (χ3n) is 2.21. The molecule has 1 atom stereocenters. The lowest BCUT2D eigenvalue weighted by molar-refractivity contribution is 0.0820. The molecule has 0 saturated carbocycles. The number of hydrogen-bond donors (Lipinski definition) is 1. The summed E-state index contributed by atoms with van der Waals surface area (Å²) in [5.74, 6) is -1.84. The average Bonchev–Trinajstić information content (AvgIpc) is 2.28. The Labute approximate surface area is 93.9 Å². The van der Waals surface area contributed by atoms with Crippen LogP contribution < -0.4 is 0 Å². The van der Waals surface area contributed by atoms with Crippen molar-refractivity contribution in [3.05, 3.63) is 35.4 Å². The lowest BCUT2D eigenvalue weighted by atomic mass is 10.1. The van der Waals surface area contributed by atoms with E-state index in [2.05, 4.69) is 0 Å². The molecule has 0 spiro atoms. The van der Waals surface area contributed by atoms with Crippen molar-refractivity contribution in [3.8, 4) is 0 Å². The smallest absolute Gasteiger partial charge is 0.159 e. The van der Waals surface area contributed by atoms with Gasteiger partial charge in [-0.15, -0.1) is 0 Å². The third kappa shape index (κ3) is 3.87. The summed E-state index contributed by atoms with van der Waals surface area (Å²) in [5.41, 5.74) is 0.374. The summed E-state index contributed by atoms with van der Waals surface area (Å²) in [4.78, 5) is 0. The Hall–Kier alpha value is -1.00. The van der Waals surface area contributed by atoms with Crippen molar-refractivity contribution in [2.75, 3.05) is 13.2 Å². The lowest BCUT2D eigenvalue weighted by Crippen LogP contribution is -2.04. The van der Waals surface area contributed by atoms with Gasteiger partial charge in [-0.1, -0.05) is 13.0 Å². The molecule has 0 bridgehead atoms. The molecule has 1 N–H and O–H groups in total. The van der Waals surface area contributed by atoms with Crippen molar-refractivity contribution in [1.29, 1.82) is 0 Å². The summed E-state index contributed by atoms with van der Waals surface area (Å²) in [5, 5.41) is 9.67. The molecular weight excluding hydrogens is 214 g/mol. The fourth-order valence-corrected chi connectivity index (χ4v) is 1.33. The molecule has 90 valence electrons. The largest absolute Gasteiger partial charge is 0.388 e. The van der Waals surface area contributed by atoms with Crippen LogP contribution in [0.5, 0.6) is 0 Å². The van der Waals surface area contributed by atoms with E-state index in [1.165, 1.54) is 6.07 Å². The molecular formula is C12H16F2O2. The van der Waals surface area contributed by atoms with E-state index in [0.29, 0.717) is 25.2 Å². The fourth-order valence-electron chi connectivity index (χ4n) is 1.33. The van der Waals surface area contributed by atoms with Crippen LogP contribution in [0, 0.1) is 11.6 Å². The van der Waals surface area contributed by atoms with Crippen LogP contribution in [0.2, 0.25) is 0 Å². The predicted molar refractivity (Wildman–Crippen MR) is 57.0 cm³/mol. The van der Waals surface area contributed by atoms with Crippen LogP contribution in [0.1, 0.15) is 31.4 Å². The molecule has 0 aromatic heterocycles. The first kappa shape index (κ1) is 13.1. The van der Waals surface area contributed by atoms with Crippen molar-refractivity contribution < 1.29 is 18.6 Å². The minimum absolute atomic E-state index is 0.374. The summed E-state index contributed by atoms with van der Waals surface area (Å²) in [6.07, 6.45) is 0.485. The second-order valence-electron chi connectivity index (χ2n) is 3.59.